The Morgan fingerprint density at radius 3 is 2.88 bits per heavy atom. The lowest BCUT2D eigenvalue weighted by atomic mass is 9.95. The van der Waals surface area contributed by atoms with Gasteiger partial charge in [-0.05, 0) is 36.3 Å². The highest BCUT2D eigenvalue weighted by molar-refractivity contribution is 9.10. The van der Waals surface area contributed by atoms with Crippen molar-refractivity contribution < 1.29 is 0 Å². The van der Waals surface area contributed by atoms with Crippen LogP contribution in [0.2, 0.25) is 0 Å². The van der Waals surface area contributed by atoms with Crippen molar-refractivity contribution in [3.8, 4) is 6.07 Å². The zero-order valence-corrected chi connectivity index (χ0v) is 11.5. The van der Waals surface area contributed by atoms with Crippen molar-refractivity contribution in [1.82, 2.24) is 15.1 Å². The summed E-state index contributed by atoms with van der Waals surface area (Å²) in [5.41, 5.74) is -0.493. The molecule has 1 N–H and O–H groups in total. The minimum absolute atomic E-state index is 0.190. The first-order valence-corrected chi connectivity index (χ1v) is 6.16. The first kappa shape index (κ1) is 13.2. The topological polar surface area (TPSA) is 53.6 Å². The Balaban J connectivity index is 2.70. The van der Waals surface area contributed by atoms with Crippen LogP contribution in [-0.4, -0.2) is 21.9 Å². The molecule has 0 aliphatic heterocycles. The van der Waals surface area contributed by atoms with Gasteiger partial charge in [0.25, 0.3) is 0 Å². The van der Waals surface area contributed by atoms with E-state index in [4.69, 9.17) is 5.26 Å². The number of nitrogens with zero attached hydrogens (tertiary/aromatic N) is 3. The van der Waals surface area contributed by atoms with Gasteiger partial charge in [0.2, 0.25) is 0 Å². The van der Waals surface area contributed by atoms with Crippen LogP contribution in [0.5, 0.6) is 0 Å². The Morgan fingerprint density at radius 2 is 2.44 bits per heavy atom. The maximum Gasteiger partial charge on any atom is 0.105 e. The average molecular weight is 285 g/mol. The molecule has 0 aliphatic rings. The Bertz CT molecular complexity index is 382. The van der Waals surface area contributed by atoms with Crippen LogP contribution in [0.1, 0.15) is 33.2 Å². The van der Waals surface area contributed by atoms with E-state index in [0.717, 1.165) is 17.4 Å². The zero-order valence-electron chi connectivity index (χ0n) is 9.87. The van der Waals surface area contributed by atoms with Crippen LogP contribution < -0.4 is 5.32 Å². The normalized spacial score (nSPS) is 16.4. The summed E-state index contributed by atoms with van der Waals surface area (Å²) in [5.74, 6) is 0. The molecule has 0 radical (unpaired) electrons. The third-order valence-electron chi connectivity index (χ3n) is 2.54. The summed E-state index contributed by atoms with van der Waals surface area (Å²) in [6, 6.07) is 2.51. The minimum atomic E-state index is -0.493. The average Bonchev–Trinajstić information content (AvgIpc) is 2.65. The molecule has 1 aromatic rings. The standard InChI is InChI=1S/C11H17BrN4/c1-4-14-11(3,8-13)5-9(2)16-7-10(12)6-15-16/h6-7,9,14H,4-5H2,1-3H3. The lowest BCUT2D eigenvalue weighted by Gasteiger charge is -2.26. The summed E-state index contributed by atoms with van der Waals surface area (Å²) in [7, 11) is 0. The number of nitrogens with one attached hydrogen (secondary N) is 1. The van der Waals surface area contributed by atoms with Gasteiger partial charge in [-0.25, -0.2) is 0 Å². The maximum absolute atomic E-state index is 9.17. The molecule has 2 unspecified atom stereocenters. The number of aromatic nitrogens is 2. The van der Waals surface area contributed by atoms with Gasteiger partial charge in [-0.1, -0.05) is 6.92 Å². The molecule has 4 nitrogen and oxygen atoms in total. The Kier molecular flexibility index (Phi) is 4.51. The molecule has 1 heterocycles. The summed E-state index contributed by atoms with van der Waals surface area (Å²) >= 11 is 3.36. The molecule has 16 heavy (non-hydrogen) atoms. The first-order chi connectivity index (χ1) is 7.50. The van der Waals surface area contributed by atoms with Gasteiger partial charge in [0.05, 0.1) is 22.8 Å². The summed E-state index contributed by atoms with van der Waals surface area (Å²) in [4.78, 5) is 0. The molecule has 2 atom stereocenters. The van der Waals surface area contributed by atoms with Gasteiger partial charge < -0.3 is 0 Å². The molecular formula is C11H17BrN4. The molecular weight excluding hydrogens is 268 g/mol. The summed E-state index contributed by atoms with van der Waals surface area (Å²) in [6.45, 7) is 6.78. The quantitative estimate of drug-likeness (QED) is 0.904. The van der Waals surface area contributed by atoms with E-state index in [1.54, 1.807) is 6.20 Å². The molecule has 5 heteroatoms. The number of halogens is 1. The van der Waals surface area contributed by atoms with Crippen LogP contribution in [-0.2, 0) is 0 Å². The van der Waals surface area contributed by atoms with Crippen molar-refractivity contribution >= 4 is 15.9 Å². The number of nitriles is 1. The fraction of sp³-hybridized carbons (Fsp3) is 0.636. The summed E-state index contributed by atoms with van der Waals surface area (Å²) in [6.07, 6.45) is 4.41. The number of hydrogen-bond acceptors (Lipinski definition) is 3. The highest BCUT2D eigenvalue weighted by atomic mass is 79.9. The third kappa shape index (κ3) is 3.32. The van der Waals surface area contributed by atoms with E-state index < -0.39 is 5.54 Å². The highest BCUT2D eigenvalue weighted by Crippen LogP contribution is 2.21. The van der Waals surface area contributed by atoms with E-state index in [1.807, 2.05) is 24.7 Å². The third-order valence-corrected chi connectivity index (χ3v) is 2.95. The summed E-state index contributed by atoms with van der Waals surface area (Å²) < 4.78 is 2.83. The van der Waals surface area contributed by atoms with Crippen molar-refractivity contribution in [3.63, 3.8) is 0 Å². The van der Waals surface area contributed by atoms with Gasteiger partial charge in [-0.2, -0.15) is 10.4 Å². The van der Waals surface area contributed by atoms with Gasteiger partial charge in [-0.15, -0.1) is 0 Å². The lowest BCUT2D eigenvalue weighted by Crippen LogP contribution is -2.42. The van der Waals surface area contributed by atoms with E-state index >= 15 is 0 Å². The van der Waals surface area contributed by atoms with Crippen molar-refractivity contribution in [2.45, 2.75) is 38.8 Å². The van der Waals surface area contributed by atoms with Crippen LogP contribution >= 0.6 is 15.9 Å². The molecule has 1 rings (SSSR count). The SMILES string of the molecule is CCNC(C)(C#N)CC(C)n1cc(Br)cn1. The van der Waals surface area contributed by atoms with Gasteiger partial charge in [0, 0.05) is 12.6 Å². The monoisotopic (exact) mass is 284 g/mol. The van der Waals surface area contributed by atoms with E-state index in [-0.39, 0.29) is 6.04 Å². The van der Waals surface area contributed by atoms with Gasteiger partial charge in [0.1, 0.15) is 5.54 Å². The van der Waals surface area contributed by atoms with Gasteiger partial charge in [-0.3, -0.25) is 10.00 Å². The van der Waals surface area contributed by atoms with Crippen molar-refractivity contribution in [2.24, 2.45) is 0 Å². The molecule has 88 valence electrons. The number of rotatable bonds is 5. The van der Waals surface area contributed by atoms with Gasteiger partial charge in [0.15, 0.2) is 0 Å². The van der Waals surface area contributed by atoms with Crippen molar-refractivity contribution in [1.29, 1.82) is 5.26 Å². The lowest BCUT2D eigenvalue weighted by molar-refractivity contribution is 0.337. The van der Waals surface area contributed by atoms with Crippen molar-refractivity contribution in [3.05, 3.63) is 16.9 Å². The minimum Gasteiger partial charge on any atom is -0.300 e. The Labute approximate surface area is 105 Å². The molecule has 0 bridgehead atoms. The van der Waals surface area contributed by atoms with Crippen LogP contribution in [0.3, 0.4) is 0 Å². The van der Waals surface area contributed by atoms with E-state index in [0.29, 0.717) is 0 Å². The van der Waals surface area contributed by atoms with E-state index in [9.17, 15) is 0 Å². The van der Waals surface area contributed by atoms with Crippen LogP contribution in [0.25, 0.3) is 0 Å². The zero-order chi connectivity index (χ0) is 12.2. The Morgan fingerprint density at radius 1 is 1.75 bits per heavy atom. The Hall–Kier alpha value is -0.860. The number of hydrogen-bond donors (Lipinski definition) is 1. The molecule has 0 aromatic carbocycles. The molecule has 0 spiro atoms. The second-order valence-electron chi connectivity index (χ2n) is 4.17. The molecule has 1 aromatic heterocycles. The van der Waals surface area contributed by atoms with Crippen LogP contribution in [0.4, 0.5) is 0 Å². The van der Waals surface area contributed by atoms with E-state index in [2.05, 4.69) is 39.3 Å². The molecule has 0 fully saturated rings. The van der Waals surface area contributed by atoms with Crippen LogP contribution in [0.15, 0.2) is 16.9 Å². The van der Waals surface area contributed by atoms with Gasteiger partial charge >= 0.3 is 0 Å². The highest BCUT2D eigenvalue weighted by Gasteiger charge is 2.26. The molecule has 0 saturated heterocycles. The first-order valence-electron chi connectivity index (χ1n) is 5.36. The second kappa shape index (κ2) is 5.46. The van der Waals surface area contributed by atoms with E-state index in [1.165, 1.54) is 0 Å². The maximum atomic E-state index is 9.17. The predicted molar refractivity (Wildman–Crippen MR) is 66.9 cm³/mol. The fourth-order valence-electron chi connectivity index (χ4n) is 1.79. The van der Waals surface area contributed by atoms with Crippen molar-refractivity contribution in [2.75, 3.05) is 6.54 Å². The molecule has 0 saturated carbocycles. The smallest absolute Gasteiger partial charge is 0.105 e. The summed E-state index contributed by atoms with van der Waals surface area (Å²) in [5, 5.41) is 16.6. The molecule has 0 amide bonds. The second-order valence-corrected chi connectivity index (χ2v) is 5.08. The fourth-order valence-corrected chi connectivity index (χ4v) is 2.09. The molecule has 0 aliphatic carbocycles. The largest absolute Gasteiger partial charge is 0.300 e. The predicted octanol–water partition coefficient (Wildman–Crippen LogP) is 2.49. The van der Waals surface area contributed by atoms with Crippen LogP contribution in [0, 0.1) is 11.3 Å².